The Hall–Kier alpha value is -0.540. The molecule has 116 valence electrons. The molecule has 1 aliphatic rings. The highest BCUT2D eigenvalue weighted by atomic mass is 35.5. The van der Waals surface area contributed by atoms with E-state index in [9.17, 15) is 0 Å². The monoisotopic (exact) mass is 328 g/mol. The molecule has 0 bridgehead atoms. The normalized spacial score (nSPS) is 17.7. The Kier molecular flexibility index (Phi) is 6.56. The van der Waals surface area contributed by atoms with Crippen molar-refractivity contribution in [1.29, 1.82) is 0 Å². The average molecular weight is 329 g/mol. The SMILES string of the molecule is CCCCCCC1(/C=C\c2ccc(Cl)c(Cl)c2)OCCO1. The van der Waals surface area contributed by atoms with Crippen LogP contribution in [-0.2, 0) is 9.47 Å². The maximum absolute atomic E-state index is 6.03. The van der Waals surface area contributed by atoms with Crippen molar-refractivity contribution < 1.29 is 9.47 Å². The van der Waals surface area contributed by atoms with E-state index >= 15 is 0 Å². The molecule has 2 rings (SSSR count). The van der Waals surface area contributed by atoms with Gasteiger partial charge in [-0.3, -0.25) is 0 Å². The topological polar surface area (TPSA) is 18.5 Å². The van der Waals surface area contributed by atoms with Gasteiger partial charge in [-0.25, -0.2) is 0 Å². The van der Waals surface area contributed by atoms with Gasteiger partial charge in [0.2, 0.25) is 0 Å². The van der Waals surface area contributed by atoms with E-state index in [-0.39, 0.29) is 0 Å². The first kappa shape index (κ1) is 16.8. The zero-order chi connectivity index (χ0) is 15.1. The number of benzene rings is 1. The van der Waals surface area contributed by atoms with Crippen molar-refractivity contribution in [3.8, 4) is 0 Å². The number of hydrogen-bond donors (Lipinski definition) is 0. The van der Waals surface area contributed by atoms with Crippen LogP contribution in [0.3, 0.4) is 0 Å². The van der Waals surface area contributed by atoms with Gasteiger partial charge in [-0.1, -0.05) is 61.5 Å². The molecule has 0 N–H and O–H groups in total. The van der Waals surface area contributed by atoms with E-state index in [1.54, 1.807) is 6.07 Å². The van der Waals surface area contributed by atoms with E-state index in [4.69, 9.17) is 32.7 Å². The summed E-state index contributed by atoms with van der Waals surface area (Å²) in [4.78, 5) is 0. The summed E-state index contributed by atoms with van der Waals surface area (Å²) in [5.74, 6) is -0.570. The van der Waals surface area contributed by atoms with Crippen molar-refractivity contribution in [3.05, 3.63) is 39.9 Å². The van der Waals surface area contributed by atoms with Gasteiger partial charge in [0, 0.05) is 6.42 Å². The molecular formula is C17H22Cl2O2. The van der Waals surface area contributed by atoms with Gasteiger partial charge in [0.1, 0.15) is 0 Å². The van der Waals surface area contributed by atoms with Crippen molar-refractivity contribution >= 4 is 29.3 Å². The predicted octanol–water partition coefficient (Wildman–Crippen LogP) is 5.72. The van der Waals surface area contributed by atoms with Crippen molar-refractivity contribution in [2.45, 2.75) is 44.8 Å². The molecule has 0 amide bonds. The van der Waals surface area contributed by atoms with Gasteiger partial charge in [0.05, 0.1) is 23.3 Å². The maximum atomic E-state index is 6.03. The van der Waals surface area contributed by atoms with Crippen LogP contribution in [0.2, 0.25) is 10.0 Å². The summed E-state index contributed by atoms with van der Waals surface area (Å²) in [7, 11) is 0. The molecule has 0 spiro atoms. The van der Waals surface area contributed by atoms with Crippen LogP contribution in [0, 0.1) is 0 Å². The molecule has 1 saturated heterocycles. The van der Waals surface area contributed by atoms with Gasteiger partial charge in [-0.2, -0.15) is 0 Å². The Labute approximate surface area is 137 Å². The van der Waals surface area contributed by atoms with Crippen molar-refractivity contribution in [2.75, 3.05) is 13.2 Å². The van der Waals surface area contributed by atoms with Crippen LogP contribution in [0.15, 0.2) is 24.3 Å². The molecule has 0 atom stereocenters. The molecule has 1 aliphatic heterocycles. The lowest BCUT2D eigenvalue weighted by Gasteiger charge is -2.23. The molecular weight excluding hydrogens is 307 g/mol. The molecule has 0 aromatic heterocycles. The van der Waals surface area contributed by atoms with E-state index < -0.39 is 5.79 Å². The maximum Gasteiger partial charge on any atom is 0.188 e. The zero-order valence-electron chi connectivity index (χ0n) is 12.4. The van der Waals surface area contributed by atoms with Gasteiger partial charge < -0.3 is 9.47 Å². The van der Waals surface area contributed by atoms with Crippen LogP contribution in [0.1, 0.15) is 44.6 Å². The third kappa shape index (κ3) is 5.00. The van der Waals surface area contributed by atoms with Crippen LogP contribution >= 0.6 is 23.2 Å². The molecule has 4 heteroatoms. The third-order valence-electron chi connectivity index (χ3n) is 3.63. The van der Waals surface area contributed by atoms with Crippen LogP contribution < -0.4 is 0 Å². The quantitative estimate of drug-likeness (QED) is 0.596. The van der Waals surface area contributed by atoms with E-state index in [1.807, 2.05) is 24.3 Å². The smallest absolute Gasteiger partial charge is 0.188 e. The average Bonchev–Trinajstić information content (AvgIpc) is 2.94. The molecule has 0 saturated carbocycles. The summed E-state index contributed by atoms with van der Waals surface area (Å²) in [5, 5.41) is 1.13. The highest BCUT2D eigenvalue weighted by molar-refractivity contribution is 6.42. The van der Waals surface area contributed by atoms with E-state index in [0.717, 1.165) is 18.4 Å². The second kappa shape index (κ2) is 8.19. The minimum absolute atomic E-state index is 0.559. The van der Waals surface area contributed by atoms with Crippen molar-refractivity contribution in [2.24, 2.45) is 0 Å². The van der Waals surface area contributed by atoms with E-state index in [2.05, 4.69) is 6.92 Å². The van der Waals surface area contributed by atoms with Crippen molar-refractivity contribution in [1.82, 2.24) is 0 Å². The summed E-state index contributed by atoms with van der Waals surface area (Å²) in [6.45, 7) is 3.52. The Morgan fingerprint density at radius 2 is 1.86 bits per heavy atom. The summed E-state index contributed by atoms with van der Waals surface area (Å²) in [5.41, 5.74) is 0.997. The van der Waals surface area contributed by atoms with Gasteiger partial charge in [0.15, 0.2) is 5.79 Å². The molecule has 0 aliphatic carbocycles. The molecule has 0 radical (unpaired) electrons. The van der Waals surface area contributed by atoms with E-state index in [0.29, 0.717) is 23.3 Å². The molecule has 1 heterocycles. The lowest BCUT2D eigenvalue weighted by molar-refractivity contribution is -0.121. The molecule has 2 nitrogen and oxygen atoms in total. The summed E-state index contributed by atoms with van der Waals surface area (Å²) in [6.07, 6.45) is 9.70. The van der Waals surface area contributed by atoms with Gasteiger partial charge in [0.25, 0.3) is 0 Å². The Bertz CT molecular complexity index is 480. The van der Waals surface area contributed by atoms with Crippen LogP contribution in [0.5, 0.6) is 0 Å². The standard InChI is InChI=1S/C17H22Cl2O2/c1-2-3-4-5-9-17(20-11-12-21-17)10-8-14-6-7-15(18)16(19)13-14/h6-8,10,13H,2-5,9,11-12H2,1H3/b10-8-. The van der Waals surface area contributed by atoms with Gasteiger partial charge >= 0.3 is 0 Å². The van der Waals surface area contributed by atoms with Crippen LogP contribution in [0.4, 0.5) is 0 Å². The summed E-state index contributed by atoms with van der Waals surface area (Å²) >= 11 is 12.0. The van der Waals surface area contributed by atoms with Gasteiger partial charge in [-0.05, 0) is 30.2 Å². The van der Waals surface area contributed by atoms with Gasteiger partial charge in [-0.15, -0.1) is 0 Å². The second-order valence-corrected chi connectivity index (χ2v) is 6.14. The van der Waals surface area contributed by atoms with Crippen LogP contribution in [0.25, 0.3) is 6.08 Å². The first-order valence-corrected chi connectivity index (χ1v) is 8.33. The lowest BCUT2D eigenvalue weighted by Crippen LogP contribution is -2.27. The Morgan fingerprint density at radius 3 is 2.52 bits per heavy atom. The molecule has 1 aromatic carbocycles. The highest BCUT2D eigenvalue weighted by Crippen LogP contribution is 2.29. The molecule has 21 heavy (non-hydrogen) atoms. The Balaban J connectivity index is 2.01. The molecule has 1 fully saturated rings. The minimum atomic E-state index is -0.570. The third-order valence-corrected chi connectivity index (χ3v) is 4.37. The summed E-state index contributed by atoms with van der Waals surface area (Å²) < 4.78 is 11.7. The minimum Gasteiger partial charge on any atom is -0.344 e. The second-order valence-electron chi connectivity index (χ2n) is 5.33. The van der Waals surface area contributed by atoms with E-state index in [1.165, 1.54) is 19.3 Å². The number of hydrogen-bond acceptors (Lipinski definition) is 2. The lowest BCUT2D eigenvalue weighted by atomic mass is 10.0. The fourth-order valence-electron chi connectivity index (χ4n) is 2.43. The zero-order valence-corrected chi connectivity index (χ0v) is 13.9. The first-order chi connectivity index (χ1) is 10.2. The number of rotatable bonds is 7. The largest absolute Gasteiger partial charge is 0.344 e. The highest BCUT2D eigenvalue weighted by Gasteiger charge is 2.32. The number of ether oxygens (including phenoxy) is 2. The Morgan fingerprint density at radius 1 is 1.10 bits per heavy atom. The number of halogens is 2. The fourth-order valence-corrected chi connectivity index (χ4v) is 2.74. The predicted molar refractivity (Wildman–Crippen MR) is 88.9 cm³/mol. The number of unbranched alkanes of at least 4 members (excludes halogenated alkanes) is 3. The van der Waals surface area contributed by atoms with Crippen LogP contribution in [-0.4, -0.2) is 19.0 Å². The molecule has 1 aromatic rings. The molecule has 0 unspecified atom stereocenters. The fraction of sp³-hybridized carbons (Fsp3) is 0.529. The van der Waals surface area contributed by atoms with Crippen molar-refractivity contribution in [3.63, 3.8) is 0 Å². The first-order valence-electron chi connectivity index (χ1n) is 7.57. The summed E-state index contributed by atoms with van der Waals surface area (Å²) in [6, 6.07) is 5.58.